The molecule has 1 saturated carbocycles. The van der Waals surface area contributed by atoms with Gasteiger partial charge in [-0.15, -0.1) is 0 Å². The quantitative estimate of drug-likeness (QED) is 0.364. The van der Waals surface area contributed by atoms with Crippen LogP contribution in [-0.2, 0) is 4.79 Å². The number of carbonyl (C=O) groups is 1. The van der Waals surface area contributed by atoms with E-state index in [1.54, 1.807) is 34.4 Å². The summed E-state index contributed by atoms with van der Waals surface area (Å²) in [5.74, 6) is 2.08. The summed E-state index contributed by atoms with van der Waals surface area (Å²) in [6.45, 7) is 3.73. The number of allylic oxidation sites excluding steroid dienone is 3. The number of benzene rings is 1. The van der Waals surface area contributed by atoms with Gasteiger partial charge in [-0.25, -0.2) is 0 Å². The van der Waals surface area contributed by atoms with Gasteiger partial charge in [-0.3, -0.25) is 9.78 Å². The first kappa shape index (κ1) is 24.3. The number of furan rings is 1. The van der Waals surface area contributed by atoms with Crippen LogP contribution in [0.15, 0.2) is 52.6 Å². The predicted molar refractivity (Wildman–Crippen MR) is 136 cm³/mol. The molecule has 1 aromatic carbocycles. The van der Waals surface area contributed by atoms with Crippen molar-refractivity contribution in [1.82, 2.24) is 10.3 Å². The molecule has 0 spiro atoms. The van der Waals surface area contributed by atoms with Crippen molar-refractivity contribution in [3.8, 4) is 28.6 Å². The molecule has 0 unspecified atom stereocenters. The van der Waals surface area contributed by atoms with Gasteiger partial charge in [-0.2, -0.15) is 0 Å². The summed E-state index contributed by atoms with van der Waals surface area (Å²) in [7, 11) is 4.70. The van der Waals surface area contributed by atoms with Crippen LogP contribution in [0.1, 0.15) is 32.3 Å². The first-order valence-electron chi connectivity index (χ1n) is 11.5. The van der Waals surface area contributed by atoms with Crippen LogP contribution in [0.25, 0.3) is 28.0 Å². The Morgan fingerprint density at radius 1 is 1.14 bits per heavy atom. The number of methoxy groups -OCH3 is 3. The average Bonchev–Trinajstić information content (AvgIpc) is 3.29. The molecule has 184 valence electrons. The van der Waals surface area contributed by atoms with Gasteiger partial charge in [0.15, 0.2) is 17.1 Å². The van der Waals surface area contributed by atoms with E-state index in [2.05, 4.69) is 10.3 Å². The van der Waals surface area contributed by atoms with Crippen molar-refractivity contribution in [1.29, 1.82) is 0 Å². The average molecular weight is 478 g/mol. The molecule has 2 aromatic heterocycles. The summed E-state index contributed by atoms with van der Waals surface area (Å²) in [6, 6.07) is 7.74. The molecule has 8 nitrogen and oxygen atoms in total. The highest BCUT2D eigenvalue weighted by molar-refractivity contribution is 5.99. The number of rotatable bonds is 8. The number of fused-ring (bicyclic) bond motifs is 1. The van der Waals surface area contributed by atoms with E-state index in [1.807, 2.05) is 43.3 Å². The first-order chi connectivity index (χ1) is 16.9. The number of aromatic nitrogens is 1. The largest absolute Gasteiger partial charge is 0.493 e. The van der Waals surface area contributed by atoms with Gasteiger partial charge in [0.25, 0.3) is 0 Å². The predicted octanol–water partition coefficient (Wildman–Crippen LogP) is 4.48. The highest BCUT2D eigenvalue weighted by atomic mass is 16.5. The van der Waals surface area contributed by atoms with E-state index in [-0.39, 0.29) is 18.0 Å². The fourth-order valence-corrected chi connectivity index (χ4v) is 4.23. The smallest absolute Gasteiger partial charge is 0.247 e. The molecule has 3 N–H and O–H groups in total. The summed E-state index contributed by atoms with van der Waals surface area (Å²) in [5.41, 5.74) is 10.2. The Bertz CT molecular complexity index is 1280. The molecule has 0 saturated heterocycles. The number of hydrogen-bond acceptors (Lipinski definition) is 7. The van der Waals surface area contributed by atoms with Crippen LogP contribution in [0.5, 0.6) is 17.2 Å². The topological polar surface area (TPSA) is 109 Å². The zero-order chi connectivity index (χ0) is 25.1. The van der Waals surface area contributed by atoms with E-state index in [4.69, 9.17) is 24.4 Å². The van der Waals surface area contributed by atoms with E-state index < -0.39 is 0 Å². The molecule has 35 heavy (non-hydrogen) atoms. The second-order valence-corrected chi connectivity index (χ2v) is 8.57. The standard InChI is InChI=1S/C27H31N3O5/c1-6-16(9-15(2)27(31)30-19-12-18(28)13-19)20-7-8-29-21-14-22(35-25(20)21)17-10-23(32-3)26(34-5)24(11-17)33-4/h6-11,14,18-19H,12-13,28H2,1-5H3,(H,30,31). The maximum Gasteiger partial charge on any atom is 0.247 e. The SMILES string of the molecule is CC=C(C=C(C)C(=O)NC1CC(N)C1)c1ccnc2cc(-c3cc(OC)c(OC)c(OC)c3)oc12. The van der Waals surface area contributed by atoms with E-state index in [1.165, 1.54) is 0 Å². The molecule has 0 radical (unpaired) electrons. The van der Waals surface area contributed by atoms with E-state index in [0.29, 0.717) is 39.7 Å². The van der Waals surface area contributed by atoms with Crippen molar-refractivity contribution >= 4 is 22.6 Å². The maximum absolute atomic E-state index is 12.6. The molecule has 1 amide bonds. The van der Waals surface area contributed by atoms with Crippen molar-refractivity contribution in [2.24, 2.45) is 5.73 Å². The first-order valence-corrected chi connectivity index (χ1v) is 11.5. The molecule has 3 aromatic rings. The summed E-state index contributed by atoms with van der Waals surface area (Å²) >= 11 is 0. The molecule has 2 heterocycles. The Morgan fingerprint density at radius 3 is 2.40 bits per heavy atom. The molecule has 0 atom stereocenters. The molecule has 8 heteroatoms. The van der Waals surface area contributed by atoms with Crippen molar-refractivity contribution in [2.45, 2.75) is 38.8 Å². The summed E-state index contributed by atoms with van der Waals surface area (Å²) in [5, 5.41) is 3.04. The van der Waals surface area contributed by atoms with Crippen LogP contribution in [0.4, 0.5) is 0 Å². The van der Waals surface area contributed by atoms with Crippen molar-refractivity contribution in [2.75, 3.05) is 21.3 Å². The lowest BCUT2D eigenvalue weighted by Crippen LogP contribution is -2.50. The van der Waals surface area contributed by atoms with Crippen LogP contribution in [-0.4, -0.2) is 44.3 Å². The van der Waals surface area contributed by atoms with Crippen LogP contribution in [0, 0.1) is 0 Å². The maximum atomic E-state index is 12.6. The van der Waals surface area contributed by atoms with Gasteiger partial charge in [0, 0.05) is 41.0 Å². The number of ether oxygens (including phenoxy) is 3. The summed E-state index contributed by atoms with van der Waals surface area (Å²) < 4.78 is 22.7. The Labute approximate surface area is 204 Å². The monoisotopic (exact) mass is 477 g/mol. The Balaban J connectivity index is 1.69. The fourth-order valence-electron chi connectivity index (χ4n) is 4.23. The minimum Gasteiger partial charge on any atom is -0.493 e. The third-order valence-electron chi connectivity index (χ3n) is 6.22. The van der Waals surface area contributed by atoms with Gasteiger partial charge in [0.1, 0.15) is 11.3 Å². The molecular formula is C27H31N3O5. The van der Waals surface area contributed by atoms with Crippen LogP contribution in [0.2, 0.25) is 0 Å². The number of nitrogens with zero attached hydrogens (tertiary/aromatic N) is 1. The van der Waals surface area contributed by atoms with E-state index in [0.717, 1.165) is 29.5 Å². The minimum absolute atomic E-state index is 0.0934. The normalized spacial score (nSPS) is 18.2. The Morgan fingerprint density at radius 2 is 1.83 bits per heavy atom. The molecule has 1 aliphatic rings. The molecule has 1 fully saturated rings. The summed E-state index contributed by atoms with van der Waals surface area (Å²) in [6.07, 6.45) is 7.18. The number of carbonyl (C=O) groups excluding carboxylic acids is 1. The van der Waals surface area contributed by atoms with Gasteiger partial charge in [0.2, 0.25) is 11.7 Å². The zero-order valence-corrected chi connectivity index (χ0v) is 20.7. The highest BCUT2D eigenvalue weighted by Crippen LogP contribution is 2.42. The van der Waals surface area contributed by atoms with Crippen LogP contribution < -0.4 is 25.3 Å². The summed E-state index contributed by atoms with van der Waals surface area (Å²) in [4.78, 5) is 17.1. The number of nitrogens with one attached hydrogen (secondary N) is 1. The van der Waals surface area contributed by atoms with Crippen LogP contribution in [0.3, 0.4) is 0 Å². The van der Waals surface area contributed by atoms with E-state index >= 15 is 0 Å². The van der Waals surface area contributed by atoms with Crippen LogP contribution >= 0.6 is 0 Å². The molecule has 0 aliphatic heterocycles. The lowest BCUT2D eigenvalue weighted by atomic mass is 9.87. The second-order valence-electron chi connectivity index (χ2n) is 8.57. The van der Waals surface area contributed by atoms with Crippen molar-refractivity contribution in [3.05, 3.63) is 53.8 Å². The van der Waals surface area contributed by atoms with Gasteiger partial charge in [-0.1, -0.05) is 6.08 Å². The number of nitrogens with two attached hydrogens (primary N) is 1. The van der Waals surface area contributed by atoms with Crippen molar-refractivity contribution in [3.63, 3.8) is 0 Å². The van der Waals surface area contributed by atoms with Gasteiger partial charge < -0.3 is 29.7 Å². The van der Waals surface area contributed by atoms with E-state index in [9.17, 15) is 4.79 Å². The number of hydrogen-bond donors (Lipinski definition) is 2. The van der Waals surface area contributed by atoms with Gasteiger partial charge in [-0.05, 0) is 56.5 Å². The fraction of sp³-hybridized carbons (Fsp3) is 0.333. The van der Waals surface area contributed by atoms with Gasteiger partial charge in [0.05, 0.1) is 21.3 Å². The lowest BCUT2D eigenvalue weighted by molar-refractivity contribution is -0.118. The lowest BCUT2D eigenvalue weighted by Gasteiger charge is -2.33. The third kappa shape index (κ3) is 4.88. The highest BCUT2D eigenvalue weighted by Gasteiger charge is 2.27. The third-order valence-corrected chi connectivity index (χ3v) is 6.22. The zero-order valence-electron chi connectivity index (χ0n) is 20.7. The molecular weight excluding hydrogens is 446 g/mol. The minimum atomic E-state index is -0.0934. The van der Waals surface area contributed by atoms with Gasteiger partial charge >= 0.3 is 0 Å². The molecule has 1 aliphatic carbocycles. The Hall–Kier alpha value is -3.78. The molecule has 4 rings (SSSR count). The second kappa shape index (κ2) is 10.2. The number of pyridine rings is 1. The number of amides is 1. The molecule has 0 bridgehead atoms. The Kier molecular flexibility index (Phi) is 7.12. The van der Waals surface area contributed by atoms with Crippen molar-refractivity contribution < 1.29 is 23.4 Å².